The van der Waals surface area contributed by atoms with Crippen molar-refractivity contribution in [1.29, 1.82) is 0 Å². The number of hydrogen-bond donors (Lipinski definition) is 1. The molecule has 1 N–H and O–H groups in total. The van der Waals surface area contributed by atoms with Crippen molar-refractivity contribution in [3.8, 4) is 5.75 Å². The number of nitrogens with zero attached hydrogens (tertiary/aromatic N) is 1. The maximum absolute atomic E-state index is 12.1. The summed E-state index contributed by atoms with van der Waals surface area (Å²) in [7, 11) is -3.27. The third kappa shape index (κ3) is 5.79. The molecule has 0 aromatic heterocycles. The van der Waals surface area contributed by atoms with Gasteiger partial charge in [-0.25, -0.2) is 8.42 Å². The van der Waals surface area contributed by atoms with Crippen molar-refractivity contribution >= 4 is 21.2 Å². The molecule has 25 heavy (non-hydrogen) atoms. The standard InChI is InChI=1S/C16H15F3N2O3S/c1-11(12-3-9-15(10-4-12)25(2,22)23)20-21-13-5-7-14(8-6-13)24-16(17,18)19/h3-10,21H,1-2H3/b20-11+. The zero-order chi connectivity index (χ0) is 18.7. The van der Waals surface area contributed by atoms with Crippen LogP contribution < -0.4 is 10.2 Å². The highest BCUT2D eigenvalue weighted by Gasteiger charge is 2.30. The Bertz CT molecular complexity index is 859. The van der Waals surface area contributed by atoms with Crippen LogP contribution in [0.3, 0.4) is 0 Å². The monoisotopic (exact) mass is 372 g/mol. The quantitative estimate of drug-likeness (QED) is 0.640. The van der Waals surface area contributed by atoms with Gasteiger partial charge in [-0.3, -0.25) is 5.43 Å². The number of hydrazone groups is 1. The topological polar surface area (TPSA) is 67.8 Å². The van der Waals surface area contributed by atoms with Gasteiger partial charge in [-0.05, 0) is 48.9 Å². The first-order valence-electron chi connectivity index (χ1n) is 7.01. The lowest BCUT2D eigenvalue weighted by Gasteiger charge is -2.09. The van der Waals surface area contributed by atoms with Crippen LogP contribution >= 0.6 is 0 Å². The van der Waals surface area contributed by atoms with Crippen LogP contribution in [0.15, 0.2) is 58.5 Å². The van der Waals surface area contributed by atoms with Gasteiger partial charge < -0.3 is 4.74 Å². The van der Waals surface area contributed by atoms with Crippen LogP contribution in [0, 0.1) is 0 Å². The molecule has 0 radical (unpaired) electrons. The van der Waals surface area contributed by atoms with E-state index in [1.165, 1.54) is 36.4 Å². The summed E-state index contributed by atoms with van der Waals surface area (Å²) in [4.78, 5) is 0.206. The molecule has 5 nitrogen and oxygen atoms in total. The average Bonchev–Trinajstić information content (AvgIpc) is 2.52. The van der Waals surface area contributed by atoms with E-state index >= 15 is 0 Å². The molecule has 0 aliphatic rings. The Morgan fingerprint density at radius 1 is 1.04 bits per heavy atom. The Balaban J connectivity index is 2.06. The molecule has 0 amide bonds. The van der Waals surface area contributed by atoms with Crippen molar-refractivity contribution in [1.82, 2.24) is 0 Å². The fraction of sp³-hybridized carbons (Fsp3) is 0.188. The van der Waals surface area contributed by atoms with Crippen molar-refractivity contribution in [2.75, 3.05) is 11.7 Å². The molecule has 0 unspecified atom stereocenters. The second kappa shape index (κ2) is 7.14. The number of benzene rings is 2. The van der Waals surface area contributed by atoms with Crippen LogP contribution in [0.4, 0.5) is 18.9 Å². The number of halogens is 3. The first-order valence-corrected chi connectivity index (χ1v) is 8.90. The second-order valence-corrected chi connectivity index (χ2v) is 7.19. The molecule has 2 rings (SSSR count). The fourth-order valence-corrected chi connectivity index (χ4v) is 2.52. The van der Waals surface area contributed by atoms with E-state index < -0.39 is 16.2 Å². The van der Waals surface area contributed by atoms with E-state index in [0.717, 1.165) is 6.26 Å². The van der Waals surface area contributed by atoms with Crippen LogP contribution in [0.5, 0.6) is 5.75 Å². The van der Waals surface area contributed by atoms with Gasteiger partial charge in [0.1, 0.15) is 5.75 Å². The van der Waals surface area contributed by atoms with E-state index in [4.69, 9.17) is 0 Å². The highest BCUT2D eigenvalue weighted by Crippen LogP contribution is 2.24. The molecule has 134 valence electrons. The lowest BCUT2D eigenvalue weighted by molar-refractivity contribution is -0.274. The van der Waals surface area contributed by atoms with Crippen LogP contribution in [-0.4, -0.2) is 26.7 Å². The smallest absolute Gasteiger partial charge is 0.406 e. The zero-order valence-corrected chi connectivity index (χ0v) is 14.1. The van der Waals surface area contributed by atoms with E-state index in [1.807, 2.05) is 0 Å². The molecule has 0 fully saturated rings. The second-order valence-electron chi connectivity index (χ2n) is 5.18. The van der Waals surface area contributed by atoms with E-state index in [2.05, 4.69) is 15.3 Å². The van der Waals surface area contributed by atoms with Crippen LogP contribution in [0.1, 0.15) is 12.5 Å². The first-order chi connectivity index (χ1) is 11.5. The van der Waals surface area contributed by atoms with Gasteiger partial charge in [0.05, 0.1) is 16.3 Å². The summed E-state index contributed by atoms with van der Waals surface area (Å²) in [5.41, 5.74) is 4.47. The van der Waals surface area contributed by atoms with E-state index in [1.54, 1.807) is 19.1 Å². The Labute approximate surface area is 143 Å². The summed E-state index contributed by atoms with van der Waals surface area (Å²) < 4.78 is 62.9. The fourth-order valence-electron chi connectivity index (χ4n) is 1.89. The summed E-state index contributed by atoms with van der Waals surface area (Å²) in [6, 6.07) is 11.3. The minimum atomic E-state index is -4.73. The summed E-state index contributed by atoms with van der Waals surface area (Å²) in [6.45, 7) is 1.71. The van der Waals surface area contributed by atoms with Gasteiger partial charge in [0.2, 0.25) is 0 Å². The number of alkyl halides is 3. The molecule has 0 aliphatic heterocycles. The van der Waals surface area contributed by atoms with Gasteiger partial charge in [-0.15, -0.1) is 13.2 Å². The van der Waals surface area contributed by atoms with Crippen LogP contribution in [0.25, 0.3) is 0 Å². The number of sulfone groups is 1. The predicted molar refractivity (Wildman–Crippen MR) is 88.5 cm³/mol. The third-order valence-electron chi connectivity index (χ3n) is 3.14. The Kier molecular flexibility index (Phi) is 5.36. The highest BCUT2D eigenvalue weighted by molar-refractivity contribution is 7.90. The number of hydrogen-bond acceptors (Lipinski definition) is 5. The van der Waals surface area contributed by atoms with Gasteiger partial charge in [-0.1, -0.05) is 12.1 Å². The molecule has 0 aliphatic carbocycles. The molecular weight excluding hydrogens is 357 g/mol. The van der Waals surface area contributed by atoms with Crippen molar-refractivity contribution in [2.24, 2.45) is 5.10 Å². The van der Waals surface area contributed by atoms with Crippen LogP contribution in [-0.2, 0) is 9.84 Å². The minimum Gasteiger partial charge on any atom is -0.406 e. The summed E-state index contributed by atoms with van der Waals surface area (Å²) >= 11 is 0. The molecule has 0 spiro atoms. The number of nitrogens with one attached hydrogen (secondary N) is 1. The van der Waals surface area contributed by atoms with Gasteiger partial charge in [0.25, 0.3) is 0 Å². The van der Waals surface area contributed by atoms with Crippen molar-refractivity contribution in [3.05, 3.63) is 54.1 Å². The summed E-state index contributed by atoms with van der Waals surface area (Å²) in [5.74, 6) is -0.324. The average molecular weight is 372 g/mol. The van der Waals surface area contributed by atoms with E-state index in [0.29, 0.717) is 17.0 Å². The van der Waals surface area contributed by atoms with E-state index in [-0.39, 0.29) is 10.6 Å². The largest absolute Gasteiger partial charge is 0.573 e. The normalized spacial score (nSPS) is 12.8. The molecule has 0 heterocycles. The lowest BCUT2D eigenvalue weighted by atomic mass is 10.1. The third-order valence-corrected chi connectivity index (χ3v) is 4.27. The maximum Gasteiger partial charge on any atom is 0.573 e. The Morgan fingerprint density at radius 3 is 2.08 bits per heavy atom. The molecule has 0 bridgehead atoms. The van der Waals surface area contributed by atoms with Gasteiger partial charge in [0.15, 0.2) is 9.84 Å². The molecule has 0 saturated heterocycles. The van der Waals surface area contributed by atoms with Crippen molar-refractivity contribution in [2.45, 2.75) is 18.2 Å². The summed E-state index contributed by atoms with van der Waals surface area (Å²) in [6.07, 6.45) is -3.61. The zero-order valence-electron chi connectivity index (χ0n) is 13.3. The minimum absolute atomic E-state index is 0.206. The van der Waals surface area contributed by atoms with Gasteiger partial charge in [0, 0.05) is 6.26 Å². The number of rotatable bonds is 5. The molecule has 2 aromatic carbocycles. The SMILES string of the molecule is C/C(=N\Nc1ccc(OC(F)(F)F)cc1)c1ccc(S(C)(=O)=O)cc1. The van der Waals surface area contributed by atoms with Crippen molar-refractivity contribution in [3.63, 3.8) is 0 Å². The molecule has 0 atom stereocenters. The van der Waals surface area contributed by atoms with E-state index in [9.17, 15) is 21.6 Å². The molecule has 2 aromatic rings. The van der Waals surface area contributed by atoms with Gasteiger partial charge >= 0.3 is 6.36 Å². The predicted octanol–water partition coefficient (Wildman–Crippen LogP) is 3.82. The van der Waals surface area contributed by atoms with Gasteiger partial charge in [-0.2, -0.15) is 5.10 Å². The Hall–Kier alpha value is -2.55. The Morgan fingerprint density at radius 2 is 1.60 bits per heavy atom. The molecular formula is C16H15F3N2O3S. The number of anilines is 1. The van der Waals surface area contributed by atoms with Crippen LogP contribution in [0.2, 0.25) is 0 Å². The van der Waals surface area contributed by atoms with Crippen molar-refractivity contribution < 1.29 is 26.3 Å². The summed E-state index contributed by atoms with van der Waals surface area (Å²) in [5, 5.41) is 4.11. The molecule has 9 heteroatoms. The number of ether oxygens (including phenoxy) is 1. The highest BCUT2D eigenvalue weighted by atomic mass is 32.2. The maximum atomic E-state index is 12.1. The first kappa shape index (κ1) is 18.8. The lowest BCUT2D eigenvalue weighted by Crippen LogP contribution is -2.16. The molecule has 0 saturated carbocycles.